The van der Waals surface area contributed by atoms with E-state index in [9.17, 15) is 14.4 Å². The highest BCUT2D eigenvalue weighted by atomic mass is 16.6. The standard InChI is InChI=1S/C21H29NO6/c1-14(15(2)23)17(24)9-7-16-8-10-18(19(13-16)26-6)27-11-12-28-20(25)22-21(3,4)5/h7-10,13-14H,11-12H2,1-6H3,(H,22,25). The van der Waals surface area contributed by atoms with Crippen LogP contribution in [0.25, 0.3) is 6.08 Å². The molecule has 1 aromatic rings. The molecule has 1 unspecified atom stereocenters. The number of carbonyl (C=O) groups is 3. The van der Waals surface area contributed by atoms with Gasteiger partial charge in [-0.05, 0) is 58.4 Å². The molecule has 1 rings (SSSR count). The number of ether oxygens (including phenoxy) is 3. The molecule has 154 valence electrons. The summed E-state index contributed by atoms with van der Waals surface area (Å²) in [5, 5.41) is 2.69. The van der Waals surface area contributed by atoms with Crippen molar-refractivity contribution in [2.24, 2.45) is 5.92 Å². The molecule has 28 heavy (non-hydrogen) atoms. The van der Waals surface area contributed by atoms with Crippen LogP contribution in [0, 0.1) is 5.92 Å². The lowest BCUT2D eigenvalue weighted by Gasteiger charge is -2.20. The third-order valence-electron chi connectivity index (χ3n) is 3.72. The Balaban J connectivity index is 2.62. The van der Waals surface area contributed by atoms with Gasteiger partial charge in [-0.2, -0.15) is 0 Å². The van der Waals surface area contributed by atoms with E-state index in [4.69, 9.17) is 14.2 Å². The van der Waals surface area contributed by atoms with Crippen LogP contribution in [0.4, 0.5) is 4.79 Å². The summed E-state index contributed by atoms with van der Waals surface area (Å²) < 4.78 is 15.9. The van der Waals surface area contributed by atoms with Crippen LogP contribution in [-0.2, 0) is 14.3 Å². The molecule has 0 aromatic heterocycles. The van der Waals surface area contributed by atoms with E-state index in [0.29, 0.717) is 11.5 Å². The minimum Gasteiger partial charge on any atom is -0.493 e. The van der Waals surface area contributed by atoms with E-state index in [-0.39, 0.29) is 30.3 Å². The fourth-order valence-electron chi connectivity index (χ4n) is 2.06. The average Bonchev–Trinajstić information content (AvgIpc) is 2.61. The fourth-order valence-corrected chi connectivity index (χ4v) is 2.06. The van der Waals surface area contributed by atoms with Gasteiger partial charge in [0.15, 0.2) is 17.3 Å². The summed E-state index contributed by atoms with van der Waals surface area (Å²) in [7, 11) is 1.51. The van der Waals surface area contributed by atoms with Crippen LogP contribution in [0.2, 0.25) is 0 Å². The molecule has 7 nitrogen and oxygen atoms in total. The molecule has 1 aromatic carbocycles. The van der Waals surface area contributed by atoms with Crippen molar-refractivity contribution in [3.8, 4) is 11.5 Å². The highest BCUT2D eigenvalue weighted by Crippen LogP contribution is 2.28. The second kappa shape index (κ2) is 10.5. The van der Waals surface area contributed by atoms with Gasteiger partial charge in [0.1, 0.15) is 19.0 Å². The molecule has 0 aliphatic carbocycles. The molecule has 7 heteroatoms. The number of carbonyl (C=O) groups excluding carboxylic acids is 3. The molecule has 1 atom stereocenters. The Morgan fingerprint density at radius 3 is 2.39 bits per heavy atom. The van der Waals surface area contributed by atoms with Gasteiger partial charge >= 0.3 is 6.09 Å². The third-order valence-corrected chi connectivity index (χ3v) is 3.72. The van der Waals surface area contributed by atoms with Gasteiger partial charge in [0, 0.05) is 5.54 Å². The minimum atomic E-state index is -0.656. The quantitative estimate of drug-likeness (QED) is 0.394. The number of amides is 1. The third kappa shape index (κ3) is 8.24. The van der Waals surface area contributed by atoms with Crippen molar-refractivity contribution < 1.29 is 28.6 Å². The molecule has 0 aliphatic rings. The van der Waals surface area contributed by atoms with Crippen LogP contribution in [-0.4, -0.2) is 43.5 Å². The molecule has 0 bridgehead atoms. The lowest BCUT2D eigenvalue weighted by molar-refractivity contribution is -0.128. The Bertz CT molecular complexity index is 733. The smallest absolute Gasteiger partial charge is 0.407 e. The number of rotatable bonds is 9. The van der Waals surface area contributed by atoms with Gasteiger partial charge in [0.2, 0.25) is 0 Å². The fraction of sp³-hybridized carbons (Fsp3) is 0.476. The molecule has 0 saturated carbocycles. The number of Topliss-reactive ketones (excluding diaryl/α,β-unsaturated/α-hetero) is 1. The first-order valence-corrected chi connectivity index (χ1v) is 9.01. The van der Waals surface area contributed by atoms with Crippen LogP contribution in [0.1, 0.15) is 40.2 Å². The summed E-state index contributed by atoms with van der Waals surface area (Å²) in [4.78, 5) is 34.7. The van der Waals surface area contributed by atoms with Gasteiger partial charge < -0.3 is 19.5 Å². The van der Waals surface area contributed by atoms with E-state index in [1.807, 2.05) is 20.8 Å². The molecule has 0 aliphatic heterocycles. The first-order chi connectivity index (χ1) is 13.0. The summed E-state index contributed by atoms with van der Waals surface area (Å²) >= 11 is 0. The molecule has 0 spiro atoms. The number of nitrogens with one attached hydrogen (secondary N) is 1. The number of methoxy groups -OCH3 is 1. The normalized spacial score (nSPS) is 12.4. The molecular formula is C21H29NO6. The topological polar surface area (TPSA) is 90.9 Å². The van der Waals surface area contributed by atoms with E-state index in [1.165, 1.54) is 20.1 Å². The lowest BCUT2D eigenvalue weighted by atomic mass is 10.0. The zero-order valence-electron chi connectivity index (χ0n) is 17.3. The van der Waals surface area contributed by atoms with Gasteiger partial charge in [0.25, 0.3) is 0 Å². The zero-order valence-corrected chi connectivity index (χ0v) is 17.3. The van der Waals surface area contributed by atoms with Crippen molar-refractivity contribution in [2.45, 2.75) is 40.2 Å². The summed E-state index contributed by atoms with van der Waals surface area (Å²) in [5.74, 6) is -0.112. The van der Waals surface area contributed by atoms with Crippen molar-refractivity contribution in [1.82, 2.24) is 5.32 Å². The summed E-state index contributed by atoms with van der Waals surface area (Å²) in [6.45, 7) is 8.81. The van der Waals surface area contributed by atoms with Gasteiger partial charge in [-0.15, -0.1) is 0 Å². The summed E-state index contributed by atoms with van der Waals surface area (Å²) in [6.07, 6.45) is 2.49. The van der Waals surface area contributed by atoms with Gasteiger partial charge in [-0.3, -0.25) is 9.59 Å². The lowest BCUT2D eigenvalue weighted by Crippen LogP contribution is -2.41. The number of alkyl carbamates (subject to hydrolysis) is 1. The molecule has 0 heterocycles. The highest BCUT2D eigenvalue weighted by Gasteiger charge is 2.15. The largest absolute Gasteiger partial charge is 0.493 e. The van der Waals surface area contributed by atoms with E-state index in [2.05, 4.69) is 5.32 Å². The first-order valence-electron chi connectivity index (χ1n) is 9.01. The first kappa shape index (κ1) is 23.2. The van der Waals surface area contributed by atoms with Crippen molar-refractivity contribution in [1.29, 1.82) is 0 Å². The molecular weight excluding hydrogens is 362 g/mol. The van der Waals surface area contributed by atoms with E-state index >= 15 is 0 Å². The van der Waals surface area contributed by atoms with Crippen LogP contribution in [0.3, 0.4) is 0 Å². The average molecular weight is 391 g/mol. The molecule has 0 saturated heterocycles. The van der Waals surface area contributed by atoms with Crippen LogP contribution >= 0.6 is 0 Å². The number of benzene rings is 1. The number of hydrogen-bond donors (Lipinski definition) is 1. The number of ketones is 2. The summed E-state index contributed by atoms with van der Waals surface area (Å²) in [5.41, 5.74) is 0.364. The maximum absolute atomic E-state index is 11.9. The van der Waals surface area contributed by atoms with E-state index in [0.717, 1.165) is 5.56 Å². The van der Waals surface area contributed by atoms with Gasteiger partial charge in [-0.25, -0.2) is 4.79 Å². The van der Waals surface area contributed by atoms with Gasteiger partial charge in [-0.1, -0.05) is 12.1 Å². The predicted octanol–water partition coefficient (Wildman–Crippen LogP) is 3.41. The monoisotopic (exact) mass is 391 g/mol. The van der Waals surface area contributed by atoms with Gasteiger partial charge in [0.05, 0.1) is 13.0 Å². The summed E-state index contributed by atoms with van der Waals surface area (Å²) in [6, 6.07) is 5.17. The second-order valence-electron chi connectivity index (χ2n) is 7.34. The van der Waals surface area contributed by atoms with Crippen molar-refractivity contribution in [3.05, 3.63) is 29.8 Å². The number of hydrogen-bond acceptors (Lipinski definition) is 6. The molecule has 0 radical (unpaired) electrons. The van der Waals surface area contributed by atoms with Crippen molar-refractivity contribution in [2.75, 3.05) is 20.3 Å². The van der Waals surface area contributed by atoms with E-state index in [1.54, 1.807) is 31.2 Å². The Hall–Kier alpha value is -2.83. The minimum absolute atomic E-state index is 0.0875. The van der Waals surface area contributed by atoms with E-state index < -0.39 is 12.0 Å². The van der Waals surface area contributed by atoms with Crippen LogP contribution in [0.15, 0.2) is 24.3 Å². The zero-order chi connectivity index (χ0) is 21.3. The predicted molar refractivity (Wildman–Crippen MR) is 107 cm³/mol. The molecule has 1 N–H and O–H groups in total. The molecule has 1 amide bonds. The number of allylic oxidation sites excluding steroid dienone is 1. The maximum atomic E-state index is 11.9. The van der Waals surface area contributed by atoms with Crippen LogP contribution < -0.4 is 14.8 Å². The van der Waals surface area contributed by atoms with Crippen molar-refractivity contribution in [3.63, 3.8) is 0 Å². The highest BCUT2D eigenvalue weighted by molar-refractivity contribution is 6.07. The van der Waals surface area contributed by atoms with Crippen LogP contribution in [0.5, 0.6) is 11.5 Å². The maximum Gasteiger partial charge on any atom is 0.407 e. The van der Waals surface area contributed by atoms with Crippen molar-refractivity contribution >= 4 is 23.7 Å². The Labute approximate surface area is 166 Å². The Morgan fingerprint density at radius 2 is 1.82 bits per heavy atom. The SMILES string of the molecule is COc1cc(C=CC(=O)C(C)C(C)=O)ccc1OCCOC(=O)NC(C)(C)C. The second-order valence-corrected chi connectivity index (χ2v) is 7.34. The Morgan fingerprint density at radius 1 is 1.14 bits per heavy atom. The Kier molecular flexibility index (Phi) is 8.70. The molecule has 0 fully saturated rings.